The van der Waals surface area contributed by atoms with Gasteiger partial charge in [-0.15, -0.1) is 0 Å². The van der Waals surface area contributed by atoms with Crippen molar-refractivity contribution in [2.75, 3.05) is 13.1 Å². The predicted octanol–water partition coefficient (Wildman–Crippen LogP) is 2.94. The summed E-state index contributed by atoms with van der Waals surface area (Å²) in [5.41, 5.74) is 6.29. The number of carboxylic acids is 1. The fourth-order valence-corrected chi connectivity index (χ4v) is 4.32. The molecule has 2 aliphatic rings. The van der Waals surface area contributed by atoms with Crippen LogP contribution in [0, 0.1) is 13.8 Å². The fourth-order valence-electron chi connectivity index (χ4n) is 4.32. The molecule has 0 saturated carbocycles. The van der Waals surface area contributed by atoms with Crippen molar-refractivity contribution >= 4 is 11.9 Å². The highest BCUT2D eigenvalue weighted by Crippen LogP contribution is 2.35. The van der Waals surface area contributed by atoms with E-state index in [1.54, 1.807) is 0 Å². The number of carbonyl (C=O) groups is 2. The van der Waals surface area contributed by atoms with Crippen LogP contribution in [0.5, 0.6) is 0 Å². The van der Waals surface area contributed by atoms with E-state index in [0.717, 1.165) is 61.3 Å². The number of piperidine rings is 1. The van der Waals surface area contributed by atoms with Crippen LogP contribution in [0.2, 0.25) is 0 Å². The second kappa shape index (κ2) is 7.52. The number of aliphatic carboxylic acids is 1. The Morgan fingerprint density at radius 1 is 1.00 bits per heavy atom. The summed E-state index contributed by atoms with van der Waals surface area (Å²) in [4.78, 5) is 28.4. The lowest BCUT2D eigenvalue weighted by atomic mass is 9.86. The Labute approximate surface area is 155 Å². The Hall–Kier alpha value is -2.30. The van der Waals surface area contributed by atoms with E-state index < -0.39 is 5.97 Å². The fraction of sp³-hybridized carbons (Fsp3) is 0.524. The Kier molecular flexibility index (Phi) is 5.35. The molecule has 0 spiro atoms. The summed E-state index contributed by atoms with van der Waals surface area (Å²) in [6.07, 6.45) is 5.40. The molecule has 1 N–H and O–H groups in total. The standard InChI is InChI=1S/C21H28N2O3/c1-4-22-12-18-14(2)16(10-20(24)23-8-6-5-7-9-23)17(11-21(25)26)15(3)19(18)13-22/h4H,1,5-13H2,2-3H3,(H,25,26). The van der Waals surface area contributed by atoms with Crippen molar-refractivity contribution in [2.24, 2.45) is 0 Å². The molecule has 0 aliphatic carbocycles. The first-order chi connectivity index (χ1) is 12.4. The first kappa shape index (κ1) is 18.5. The van der Waals surface area contributed by atoms with Gasteiger partial charge in [0.15, 0.2) is 0 Å². The van der Waals surface area contributed by atoms with E-state index in [1.807, 2.05) is 24.9 Å². The molecule has 0 aromatic heterocycles. The third-order valence-electron chi connectivity index (χ3n) is 5.88. The SMILES string of the molecule is C=CN1Cc2c(C)c(CC(=O)O)c(CC(=O)N3CCCCC3)c(C)c2C1. The molecule has 3 rings (SSSR count). The van der Waals surface area contributed by atoms with E-state index in [-0.39, 0.29) is 12.3 Å². The van der Waals surface area contributed by atoms with Gasteiger partial charge >= 0.3 is 5.97 Å². The van der Waals surface area contributed by atoms with Crippen LogP contribution in [0.1, 0.15) is 52.6 Å². The Balaban J connectivity index is 1.99. The number of amides is 1. The molecule has 1 saturated heterocycles. The number of nitrogens with zero attached hydrogens (tertiary/aromatic N) is 2. The molecular formula is C21H28N2O3. The van der Waals surface area contributed by atoms with Crippen molar-refractivity contribution in [3.05, 3.63) is 46.2 Å². The summed E-state index contributed by atoms with van der Waals surface area (Å²) in [5.74, 6) is -0.727. The Morgan fingerprint density at radius 3 is 2.04 bits per heavy atom. The number of carbonyl (C=O) groups excluding carboxylic acids is 1. The minimum Gasteiger partial charge on any atom is -0.481 e. The van der Waals surface area contributed by atoms with Gasteiger partial charge in [-0.1, -0.05) is 6.58 Å². The number of hydrogen-bond acceptors (Lipinski definition) is 3. The highest BCUT2D eigenvalue weighted by atomic mass is 16.4. The molecule has 0 radical (unpaired) electrons. The summed E-state index contributed by atoms with van der Waals surface area (Å²) < 4.78 is 0. The van der Waals surface area contributed by atoms with E-state index in [2.05, 4.69) is 11.5 Å². The maximum absolute atomic E-state index is 12.8. The third-order valence-corrected chi connectivity index (χ3v) is 5.88. The van der Waals surface area contributed by atoms with Crippen LogP contribution in [0.3, 0.4) is 0 Å². The van der Waals surface area contributed by atoms with E-state index >= 15 is 0 Å². The minimum atomic E-state index is -0.849. The van der Waals surface area contributed by atoms with Crippen molar-refractivity contribution in [1.29, 1.82) is 0 Å². The quantitative estimate of drug-likeness (QED) is 0.881. The zero-order valence-corrected chi connectivity index (χ0v) is 15.8. The van der Waals surface area contributed by atoms with E-state index in [0.29, 0.717) is 6.42 Å². The van der Waals surface area contributed by atoms with Crippen molar-refractivity contribution in [1.82, 2.24) is 9.80 Å². The lowest BCUT2D eigenvalue weighted by Crippen LogP contribution is -2.37. The van der Waals surface area contributed by atoms with Gasteiger partial charge in [-0.3, -0.25) is 9.59 Å². The van der Waals surface area contributed by atoms with E-state index in [4.69, 9.17) is 0 Å². The molecule has 140 valence electrons. The summed E-state index contributed by atoms with van der Waals surface area (Å²) in [6.45, 7) is 11.1. The normalized spacial score (nSPS) is 16.5. The van der Waals surface area contributed by atoms with Crippen LogP contribution >= 0.6 is 0 Å². The van der Waals surface area contributed by atoms with Gasteiger partial charge < -0.3 is 14.9 Å². The predicted molar refractivity (Wildman–Crippen MR) is 101 cm³/mol. The van der Waals surface area contributed by atoms with Gasteiger partial charge in [0.05, 0.1) is 12.8 Å². The van der Waals surface area contributed by atoms with Crippen LogP contribution < -0.4 is 0 Å². The molecule has 0 bridgehead atoms. The second-order valence-electron chi connectivity index (χ2n) is 7.44. The summed E-state index contributed by atoms with van der Waals surface area (Å²) >= 11 is 0. The number of fused-ring (bicyclic) bond motifs is 1. The highest BCUT2D eigenvalue weighted by Gasteiger charge is 2.28. The number of carboxylic acid groups (broad SMARTS) is 1. The van der Waals surface area contributed by atoms with Gasteiger partial charge in [0.2, 0.25) is 5.91 Å². The molecule has 0 unspecified atom stereocenters. The maximum atomic E-state index is 12.8. The largest absolute Gasteiger partial charge is 0.481 e. The molecule has 1 aromatic carbocycles. The molecule has 5 heteroatoms. The van der Waals surface area contributed by atoms with Gasteiger partial charge in [-0.25, -0.2) is 0 Å². The molecule has 26 heavy (non-hydrogen) atoms. The zero-order chi connectivity index (χ0) is 18.8. The molecular weight excluding hydrogens is 328 g/mol. The van der Waals surface area contributed by atoms with Crippen molar-refractivity contribution in [3.63, 3.8) is 0 Å². The second-order valence-corrected chi connectivity index (χ2v) is 7.44. The molecule has 1 fully saturated rings. The highest BCUT2D eigenvalue weighted by molar-refractivity contribution is 5.81. The van der Waals surface area contributed by atoms with Crippen LogP contribution in [0.25, 0.3) is 0 Å². The third kappa shape index (κ3) is 3.48. The van der Waals surface area contributed by atoms with Crippen molar-refractivity contribution in [2.45, 2.75) is 59.0 Å². The van der Waals surface area contributed by atoms with Crippen molar-refractivity contribution in [3.8, 4) is 0 Å². The topological polar surface area (TPSA) is 60.9 Å². The summed E-state index contributed by atoms with van der Waals surface area (Å²) in [6, 6.07) is 0. The number of benzene rings is 1. The zero-order valence-electron chi connectivity index (χ0n) is 15.8. The van der Waals surface area contributed by atoms with Crippen LogP contribution in [0.4, 0.5) is 0 Å². The minimum absolute atomic E-state index is 0.0311. The first-order valence-corrected chi connectivity index (χ1v) is 9.41. The lowest BCUT2D eigenvalue weighted by Gasteiger charge is -2.28. The lowest BCUT2D eigenvalue weighted by molar-refractivity contribution is -0.136. The number of rotatable bonds is 5. The molecule has 2 heterocycles. The van der Waals surface area contributed by atoms with Gasteiger partial charge in [0, 0.05) is 26.2 Å². The Bertz CT molecular complexity index is 748. The summed E-state index contributed by atoms with van der Waals surface area (Å²) in [5, 5.41) is 9.41. The van der Waals surface area contributed by atoms with Crippen LogP contribution in [-0.2, 0) is 35.5 Å². The summed E-state index contributed by atoms with van der Waals surface area (Å²) in [7, 11) is 0. The molecule has 0 atom stereocenters. The molecule has 1 amide bonds. The number of likely N-dealkylation sites (tertiary alicyclic amines) is 1. The average molecular weight is 356 g/mol. The van der Waals surface area contributed by atoms with Crippen LogP contribution in [0.15, 0.2) is 12.8 Å². The maximum Gasteiger partial charge on any atom is 0.307 e. The van der Waals surface area contributed by atoms with E-state index in [1.165, 1.54) is 17.5 Å². The molecule has 1 aromatic rings. The monoisotopic (exact) mass is 356 g/mol. The van der Waals surface area contributed by atoms with Gasteiger partial charge in [0.1, 0.15) is 0 Å². The van der Waals surface area contributed by atoms with Gasteiger partial charge in [-0.2, -0.15) is 0 Å². The molecule has 2 aliphatic heterocycles. The van der Waals surface area contributed by atoms with Crippen molar-refractivity contribution < 1.29 is 14.7 Å². The van der Waals surface area contributed by atoms with E-state index in [9.17, 15) is 14.7 Å². The Morgan fingerprint density at radius 2 is 1.54 bits per heavy atom. The first-order valence-electron chi connectivity index (χ1n) is 9.41. The van der Waals surface area contributed by atoms with Gasteiger partial charge in [0.25, 0.3) is 0 Å². The van der Waals surface area contributed by atoms with Gasteiger partial charge in [-0.05, 0) is 72.7 Å². The smallest absolute Gasteiger partial charge is 0.307 e. The average Bonchev–Trinajstić information content (AvgIpc) is 3.08. The molecule has 5 nitrogen and oxygen atoms in total. The van der Waals surface area contributed by atoms with Crippen LogP contribution in [-0.4, -0.2) is 39.9 Å². The number of hydrogen-bond donors (Lipinski definition) is 1.